The zero-order valence-corrected chi connectivity index (χ0v) is 14.8. The molecule has 134 valence electrons. The zero-order valence-electron chi connectivity index (χ0n) is 14.8. The number of nitrogens with two attached hydrogens (primary N) is 1. The number of fused-ring (bicyclic) bond motifs is 2. The lowest BCUT2D eigenvalue weighted by molar-refractivity contribution is 0.293. The van der Waals surface area contributed by atoms with Crippen LogP contribution in [0.5, 0.6) is 0 Å². The summed E-state index contributed by atoms with van der Waals surface area (Å²) in [5.74, 6) is 1.02. The molecular formula is C19H23N7. The monoisotopic (exact) mass is 349 g/mol. The number of amidine groups is 1. The lowest BCUT2D eigenvalue weighted by Gasteiger charge is -2.35. The van der Waals surface area contributed by atoms with Gasteiger partial charge in [0.25, 0.3) is 0 Å². The summed E-state index contributed by atoms with van der Waals surface area (Å²) in [5.41, 5.74) is 10.3. The number of nitrogens with zero attached hydrogens (tertiary/aromatic N) is 4. The molecular weight excluding hydrogens is 326 g/mol. The molecule has 3 aliphatic rings. The van der Waals surface area contributed by atoms with E-state index in [1.807, 2.05) is 13.1 Å². The summed E-state index contributed by atoms with van der Waals surface area (Å²) < 4.78 is 0. The SMILES string of the molecule is Cc1[nH]nc2ccc(C3=CNC4C=CC(N5CCC(N)CC5)=NN34)cc12. The van der Waals surface area contributed by atoms with Gasteiger partial charge in [-0.1, -0.05) is 6.07 Å². The van der Waals surface area contributed by atoms with Gasteiger partial charge in [0.1, 0.15) is 12.0 Å². The van der Waals surface area contributed by atoms with E-state index in [-0.39, 0.29) is 6.17 Å². The van der Waals surface area contributed by atoms with Crippen LogP contribution in [0.1, 0.15) is 24.1 Å². The van der Waals surface area contributed by atoms with E-state index in [9.17, 15) is 0 Å². The summed E-state index contributed by atoms with van der Waals surface area (Å²) in [6, 6.07) is 6.66. The maximum Gasteiger partial charge on any atom is 0.148 e. The Balaban J connectivity index is 1.45. The molecule has 7 nitrogen and oxygen atoms in total. The molecule has 5 rings (SSSR count). The molecule has 1 saturated heterocycles. The number of nitrogens with one attached hydrogen (secondary N) is 2. The van der Waals surface area contributed by atoms with E-state index in [1.54, 1.807) is 0 Å². The molecule has 1 atom stereocenters. The van der Waals surface area contributed by atoms with Crippen LogP contribution in [0.3, 0.4) is 0 Å². The molecule has 0 bridgehead atoms. The molecule has 7 heteroatoms. The summed E-state index contributed by atoms with van der Waals surface area (Å²) in [4.78, 5) is 2.33. The minimum absolute atomic E-state index is 0.0712. The number of hydrogen-bond donors (Lipinski definition) is 3. The number of benzene rings is 1. The van der Waals surface area contributed by atoms with Crippen molar-refractivity contribution in [1.82, 2.24) is 25.4 Å². The first kappa shape index (κ1) is 15.5. The molecule has 1 fully saturated rings. The van der Waals surface area contributed by atoms with E-state index < -0.39 is 0 Å². The Hall–Kier alpha value is -2.80. The second-order valence-electron chi connectivity index (χ2n) is 7.21. The highest BCUT2D eigenvalue weighted by molar-refractivity contribution is 5.94. The Morgan fingerprint density at radius 2 is 2.08 bits per heavy atom. The van der Waals surface area contributed by atoms with Gasteiger partial charge in [-0.05, 0) is 44.1 Å². The smallest absolute Gasteiger partial charge is 0.148 e. The van der Waals surface area contributed by atoms with Crippen molar-refractivity contribution < 1.29 is 0 Å². The fourth-order valence-corrected chi connectivity index (χ4v) is 3.84. The quantitative estimate of drug-likeness (QED) is 0.730. The third-order valence-electron chi connectivity index (χ3n) is 5.44. The van der Waals surface area contributed by atoms with Gasteiger partial charge in [0.05, 0.1) is 11.2 Å². The fraction of sp³-hybridized carbons (Fsp3) is 0.368. The molecule has 0 saturated carbocycles. The van der Waals surface area contributed by atoms with Gasteiger partial charge >= 0.3 is 0 Å². The van der Waals surface area contributed by atoms with Crippen molar-refractivity contribution in [3.8, 4) is 0 Å². The molecule has 0 amide bonds. The van der Waals surface area contributed by atoms with Crippen molar-refractivity contribution >= 4 is 22.4 Å². The first-order valence-electron chi connectivity index (χ1n) is 9.17. The molecule has 4 N–H and O–H groups in total. The Kier molecular flexibility index (Phi) is 3.49. The number of H-pyrrole nitrogens is 1. The number of aryl methyl sites for hydroxylation is 1. The van der Waals surface area contributed by atoms with Gasteiger partial charge < -0.3 is 16.0 Å². The molecule has 1 aromatic heterocycles. The van der Waals surface area contributed by atoms with Crippen LogP contribution in [0.4, 0.5) is 0 Å². The van der Waals surface area contributed by atoms with Crippen molar-refractivity contribution in [2.75, 3.05) is 13.1 Å². The molecule has 0 aliphatic carbocycles. The van der Waals surface area contributed by atoms with Crippen LogP contribution in [0.25, 0.3) is 16.6 Å². The summed E-state index contributed by atoms with van der Waals surface area (Å²) in [7, 11) is 0. The average molecular weight is 349 g/mol. The Morgan fingerprint density at radius 3 is 2.92 bits per heavy atom. The minimum Gasteiger partial charge on any atom is -0.365 e. The Labute approximate surface area is 152 Å². The van der Waals surface area contributed by atoms with Crippen LogP contribution in [-0.4, -0.2) is 51.2 Å². The number of hydrogen-bond acceptors (Lipinski definition) is 6. The highest BCUT2D eigenvalue weighted by Gasteiger charge is 2.30. The van der Waals surface area contributed by atoms with E-state index in [4.69, 9.17) is 10.8 Å². The second kappa shape index (κ2) is 5.88. The van der Waals surface area contributed by atoms with Crippen LogP contribution in [0, 0.1) is 6.92 Å². The van der Waals surface area contributed by atoms with E-state index in [2.05, 4.69) is 55.8 Å². The van der Waals surface area contributed by atoms with Gasteiger partial charge in [0.15, 0.2) is 0 Å². The van der Waals surface area contributed by atoms with Crippen LogP contribution in [-0.2, 0) is 0 Å². The largest absolute Gasteiger partial charge is 0.365 e. The van der Waals surface area contributed by atoms with Crippen molar-refractivity contribution in [3.63, 3.8) is 0 Å². The van der Waals surface area contributed by atoms with E-state index in [0.717, 1.165) is 59.6 Å². The van der Waals surface area contributed by atoms with Crippen molar-refractivity contribution in [2.24, 2.45) is 10.8 Å². The molecule has 1 aromatic carbocycles. The number of aromatic amines is 1. The van der Waals surface area contributed by atoms with Crippen LogP contribution in [0.15, 0.2) is 41.7 Å². The summed E-state index contributed by atoms with van der Waals surface area (Å²) in [6.45, 7) is 3.98. The predicted molar refractivity (Wildman–Crippen MR) is 103 cm³/mol. The van der Waals surface area contributed by atoms with Crippen LogP contribution in [0.2, 0.25) is 0 Å². The normalized spacial score (nSPS) is 23.1. The molecule has 4 heterocycles. The van der Waals surface area contributed by atoms with Crippen molar-refractivity contribution in [2.45, 2.75) is 32.0 Å². The molecule has 0 radical (unpaired) electrons. The summed E-state index contributed by atoms with van der Waals surface area (Å²) >= 11 is 0. The zero-order chi connectivity index (χ0) is 17.7. The summed E-state index contributed by atoms with van der Waals surface area (Å²) in [6.07, 6.45) is 8.44. The minimum atomic E-state index is 0.0712. The van der Waals surface area contributed by atoms with E-state index in [0.29, 0.717) is 6.04 Å². The van der Waals surface area contributed by atoms with Gasteiger partial charge in [-0.25, -0.2) is 5.01 Å². The van der Waals surface area contributed by atoms with Crippen molar-refractivity contribution in [1.29, 1.82) is 0 Å². The number of aromatic nitrogens is 2. The lowest BCUT2D eigenvalue weighted by atomic mass is 10.1. The number of hydrazone groups is 1. The fourth-order valence-electron chi connectivity index (χ4n) is 3.84. The predicted octanol–water partition coefficient (Wildman–Crippen LogP) is 1.71. The summed E-state index contributed by atoms with van der Waals surface area (Å²) in [5, 5.41) is 18.9. The van der Waals surface area contributed by atoms with Gasteiger partial charge in [0.2, 0.25) is 0 Å². The molecule has 3 aliphatic heterocycles. The number of piperidine rings is 1. The average Bonchev–Trinajstić information content (AvgIpc) is 3.25. The van der Waals surface area contributed by atoms with Gasteiger partial charge in [0, 0.05) is 42.0 Å². The maximum absolute atomic E-state index is 6.04. The molecule has 1 unspecified atom stereocenters. The topological polar surface area (TPSA) is 85.6 Å². The molecule has 0 spiro atoms. The van der Waals surface area contributed by atoms with Crippen LogP contribution < -0.4 is 11.1 Å². The Bertz CT molecular complexity index is 931. The molecule has 26 heavy (non-hydrogen) atoms. The third-order valence-corrected chi connectivity index (χ3v) is 5.44. The number of rotatable bonds is 1. The van der Waals surface area contributed by atoms with Crippen LogP contribution >= 0.6 is 0 Å². The van der Waals surface area contributed by atoms with Gasteiger partial charge in [-0.2, -0.15) is 10.2 Å². The lowest BCUT2D eigenvalue weighted by Crippen LogP contribution is -2.45. The standard InChI is InChI=1S/C19H23N7/c1-12-15-10-13(2-3-16(15)23-22-12)17-11-21-18-4-5-19(24-26(17)18)25-8-6-14(20)7-9-25/h2-5,10-11,14,18,21H,6-9,20H2,1H3,(H,22,23). The van der Waals surface area contributed by atoms with Gasteiger partial charge in [-0.15, -0.1) is 0 Å². The first-order chi connectivity index (χ1) is 12.7. The van der Waals surface area contributed by atoms with E-state index >= 15 is 0 Å². The van der Waals surface area contributed by atoms with Gasteiger partial charge in [-0.3, -0.25) is 5.10 Å². The Morgan fingerprint density at radius 1 is 1.23 bits per heavy atom. The first-order valence-corrected chi connectivity index (χ1v) is 9.17. The third kappa shape index (κ3) is 2.47. The van der Waals surface area contributed by atoms with Crippen molar-refractivity contribution in [3.05, 3.63) is 47.8 Å². The highest BCUT2D eigenvalue weighted by atomic mass is 15.6. The number of likely N-dealkylation sites (tertiary alicyclic amines) is 1. The molecule has 2 aromatic rings. The second-order valence-corrected chi connectivity index (χ2v) is 7.21. The highest BCUT2D eigenvalue weighted by Crippen LogP contribution is 2.30. The van der Waals surface area contributed by atoms with E-state index in [1.165, 1.54) is 0 Å². The maximum atomic E-state index is 6.04.